The highest BCUT2D eigenvalue weighted by molar-refractivity contribution is 9.10. The molecule has 0 bridgehead atoms. The van der Waals surface area contributed by atoms with E-state index in [-0.39, 0.29) is 11.8 Å². The van der Waals surface area contributed by atoms with E-state index in [4.69, 9.17) is 11.6 Å². The maximum absolute atomic E-state index is 11.6. The lowest BCUT2D eigenvalue weighted by molar-refractivity contribution is -0.118. The normalized spacial score (nSPS) is 10.8. The first-order valence-electron chi connectivity index (χ1n) is 6.15. The summed E-state index contributed by atoms with van der Waals surface area (Å²) in [7, 11) is 0. The number of hydrogen-bond donors (Lipinski definition) is 1. The van der Waals surface area contributed by atoms with Crippen molar-refractivity contribution in [1.82, 2.24) is 4.98 Å². The predicted octanol–water partition coefficient (Wildman–Crippen LogP) is 4.74. The number of amides is 1. The van der Waals surface area contributed by atoms with Crippen molar-refractivity contribution >= 4 is 49.9 Å². The van der Waals surface area contributed by atoms with Crippen LogP contribution in [0.5, 0.6) is 0 Å². The van der Waals surface area contributed by atoms with Gasteiger partial charge in [-0.1, -0.05) is 31.5 Å². The summed E-state index contributed by atoms with van der Waals surface area (Å²) in [6.45, 7) is 3.71. The van der Waals surface area contributed by atoms with Crippen LogP contribution in [0.25, 0.3) is 0 Å². The number of nitrogens with zero attached hydrogens (tertiary/aromatic N) is 1. The number of carbonyl (C=O) groups excluding carboxylic acids is 1. The highest BCUT2D eigenvalue weighted by Crippen LogP contribution is 2.26. The molecule has 1 aromatic carbocycles. The summed E-state index contributed by atoms with van der Waals surface area (Å²) in [6, 6.07) is 5.87. The Kier molecular flexibility index (Phi) is 5.18. The van der Waals surface area contributed by atoms with Crippen molar-refractivity contribution in [3.05, 3.63) is 44.3 Å². The van der Waals surface area contributed by atoms with E-state index in [1.54, 1.807) is 6.20 Å². The fraction of sp³-hybridized carbons (Fsp3) is 0.286. The first kappa shape index (κ1) is 15.5. The molecule has 0 spiro atoms. The fourth-order valence-corrected chi connectivity index (χ4v) is 2.85. The average molecular weight is 374 g/mol. The zero-order chi connectivity index (χ0) is 14.7. The van der Waals surface area contributed by atoms with Crippen LogP contribution < -0.4 is 5.32 Å². The Hall–Kier alpha value is -0.910. The number of hydrogen-bond acceptors (Lipinski definition) is 3. The second-order valence-corrected chi connectivity index (χ2v) is 7.08. The van der Waals surface area contributed by atoms with Gasteiger partial charge in [0.05, 0.1) is 5.02 Å². The number of aromatic nitrogens is 1. The Morgan fingerprint density at radius 3 is 2.90 bits per heavy atom. The van der Waals surface area contributed by atoms with E-state index in [2.05, 4.69) is 26.2 Å². The standard InChI is InChI=1S/C14H14BrClN2OS/c1-8(2)13(19)18-14-17-7-10(20-14)5-9-3-4-11(15)12(16)6-9/h3-4,6-8H,5H2,1-2H3,(H,17,18,19). The molecule has 2 rings (SSSR count). The van der Waals surface area contributed by atoms with Gasteiger partial charge in [-0.3, -0.25) is 4.79 Å². The third-order valence-corrected chi connectivity index (χ3v) is 4.82. The maximum Gasteiger partial charge on any atom is 0.228 e. The quantitative estimate of drug-likeness (QED) is 0.840. The van der Waals surface area contributed by atoms with Crippen molar-refractivity contribution in [2.24, 2.45) is 5.92 Å². The predicted molar refractivity (Wildman–Crippen MR) is 87.5 cm³/mol. The number of halogens is 2. The van der Waals surface area contributed by atoms with Gasteiger partial charge in [0.15, 0.2) is 5.13 Å². The number of benzene rings is 1. The van der Waals surface area contributed by atoms with Crippen molar-refractivity contribution in [2.45, 2.75) is 20.3 Å². The smallest absolute Gasteiger partial charge is 0.228 e. The zero-order valence-corrected chi connectivity index (χ0v) is 14.3. The molecule has 1 heterocycles. The molecule has 3 nitrogen and oxygen atoms in total. The van der Waals surface area contributed by atoms with E-state index in [0.717, 1.165) is 21.3 Å². The van der Waals surface area contributed by atoms with Crippen molar-refractivity contribution in [3.63, 3.8) is 0 Å². The molecule has 0 aliphatic rings. The highest BCUT2D eigenvalue weighted by Gasteiger charge is 2.10. The molecule has 2 aromatic rings. The second-order valence-electron chi connectivity index (χ2n) is 4.70. The molecule has 106 valence electrons. The van der Waals surface area contributed by atoms with Gasteiger partial charge in [0.2, 0.25) is 5.91 Å². The fourth-order valence-electron chi connectivity index (χ4n) is 1.55. The number of rotatable bonds is 4. The summed E-state index contributed by atoms with van der Waals surface area (Å²) in [4.78, 5) is 16.9. The van der Waals surface area contributed by atoms with E-state index in [0.29, 0.717) is 10.2 Å². The van der Waals surface area contributed by atoms with E-state index >= 15 is 0 Å². The number of thiazole rings is 1. The maximum atomic E-state index is 11.6. The van der Waals surface area contributed by atoms with Gasteiger partial charge in [-0.05, 0) is 33.6 Å². The molecule has 1 aromatic heterocycles. The monoisotopic (exact) mass is 372 g/mol. The molecule has 6 heteroatoms. The summed E-state index contributed by atoms with van der Waals surface area (Å²) in [5.74, 6) is -0.0646. The molecule has 0 fully saturated rings. The van der Waals surface area contributed by atoms with Crippen LogP contribution in [0.4, 0.5) is 5.13 Å². The summed E-state index contributed by atoms with van der Waals surface area (Å²) in [5.41, 5.74) is 1.11. The van der Waals surface area contributed by atoms with Crippen LogP contribution in [0.2, 0.25) is 5.02 Å². The third kappa shape index (κ3) is 4.04. The topological polar surface area (TPSA) is 42.0 Å². The van der Waals surface area contributed by atoms with Crippen LogP contribution in [0.3, 0.4) is 0 Å². The minimum absolute atomic E-state index is 0.0161. The number of carbonyl (C=O) groups is 1. The molecule has 20 heavy (non-hydrogen) atoms. The molecular weight excluding hydrogens is 360 g/mol. The lowest BCUT2D eigenvalue weighted by Crippen LogP contribution is -2.17. The van der Waals surface area contributed by atoms with E-state index in [9.17, 15) is 4.79 Å². The summed E-state index contributed by atoms with van der Waals surface area (Å²) < 4.78 is 0.886. The Morgan fingerprint density at radius 2 is 2.25 bits per heavy atom. The minimum Gasteiger partial charge on any atom is -0.302 e. The van der Waals surface area contributed by atoms with Gasteiger partial charge in [0, 0.05) is 27.9 Å². The molecule has 0 unspecified atom stereocenters. The minimum atomic E-state index is -0.0485. The van der Waals surface area contributed by atoms with Gasteiger partial charge in [0.25, 0.3) is 0 Å². The van der Waals surface area contributed by atoms with Crippen molar-refractivity contribution in [3.8, 4) is 0 Å². The van der Waals surface area contributed by atoms with Gasteiger partial charge in [-0.25, -0.2) is 4.98 Å². The van der Waals surface area contributed by atoms with Gasteiger partial charge in [-0.2, -0.15) is 0 Å². The van der Waals surface area contributed by atoms with E-state index in [1.807, 2.05) is 32.0 Å². The van der Waals surface area contributed by atoms with Gasteiger partial charge in [-0.15, -0.1) is 11.3 Å². The zero-order valence-electron chi connectivity index (χ0n) is 11.1. The van der Waals surface area contributed by atoms with Gasteiger partial charge < -0.3 is 5.32 Å². The van der Waals surface area contributed by atoms with Crippen molar-refractivity contribution < 1.29 is 4.79 Å². The van der Waals surface area contributed by atoms with Crippen LogP contribution in [-0.2, 0) is 11.2 Å². The Labute approximate surface area is 135 Å². The molecule has 0 radical (unpaired) electrons. The number of anilines is 1. The molecule has 1 amide bonds. The average Bonchev–Trinajstić information content (AvgIpc) is 2.81. The molecule has 0 saturated heterocycles. The van der Waals surface area contributed by atoms with E-state index < -0.39 is 0 Å². The third-order valence-electron chi connectivity index (χ3n) is 2.67. The van der Waals surface area contributed by atoms with Crippen molar-refractivity contribution in [1.29, 1.82) is 0 Å². The van der Waals surface area contributed by atoms with Crippen LogP contribution in [0.15, 0.2) is 28.9 Å². The summed E-state index contributed by atoms with van der Waals surface area (Å²) >= 11 is 10.9. The summed E-state index contributed by atoms with van der Waals surface area (Å²) in [6.07, 6.45) is 2.54. The van der Waals surface area contributed by atoms with Crippen LogP contribution in [0.1, 0.15) is 24.3 Å². The molecule has 0 saturated carbocycles. The Balaban J connectivity index is 2.05. The molecular formula is C14H14BrClN2OS. The molecule has 0 atom stereocenters. The largest absolute Gasteiger partial charge is 0.302 e. The molecule has 0 aliphatic carbocycles. The van der Waals surface area contributed by atoms with E-state index in [1.165, 1.54) is 11.3 Å². The molecule has 1 N–H and O–H groups in total. The first-order chi connectivity index (χ1) is 9.45. The van der Waals surface area contributed by atoms with Crippen molar-refractivity contribution in [2.75, 3.05) is 5.32 Å². The second kappa shape index (κ2) is 6.70. The van der Waals surface area contributed by atoms with Crippen LogP contribution >= 0.6 is 38.9 Å². The van der Waals surface area contributed by atoms with Crippen LogP contribution in [-0.4, -0.2) is 10.9 Å². The Bertz CT molecular complexity index is 627. The highest BCUT2D eigenvalue weighted by atomic mass is 79.9. The molecule has 0 aliphatic heterocycles. The summed E-state index contributed by atoms with van der Waals surface area (Å²) in [5, 5.41) is 4.14. The number of nitrogens with one attached hydrogen (secondary N) is 1. The Morgan fingerprint density at radius 1 is 1.50 bits per heavy atom. The first-order valence-corrected chi connectivity index (χ1v) is 8.14. The SMILES string of the molecule is CC(C)C(=O)Nc1ncc(Cc2ccc(Br)c(Cl)c2)s1. The lowest BCUT2D eigenvalue weighted by Gasteiger charge is -2.03. The lowest BCUT2D eigenvalue weighted by atomic mass is 10.1. The van der Waals surface area contributed by atoms with Crippen LogP contribution in [0, 0.1) is 5.92 Å². The van der Waals surface area contributed by atoms with Gasteiger partial charge >= 0.3 is 0 Å². The van der Waals surface area contributed by atoms with Gasteiger partial charge in [0.1, 0.15) is 0 Å².